The van der Waals surface area contributed by atoms with Crippen molar-refractivity contribution in [2.45, 2.75) is 26.9 Å². The van der Waals surface area contributed by atoms with Gasteiger partial charge in [-0.1, -0.05) is 29.8 Å². The van der Waals surface area contributed by atoms with Gasteiger partial charge in [0.2, 0.25) is 16.9 Å². The van der Waals surface area contributed by atoms with E-state index in [1.165, 1.54) is 48.5 Å². The molecule has 4 aromatic rings. The number of fused-ring (bicyclic) bond motifs is 1. The van der Waals surface area contributed by atoms with Gasteiger partial charge in [0.05, 0.1) is 36.3 Å². The van der Waals surface area contributed by atoms with Crippen molar-refractivity contribution in [3.8, 4) is 34.1 Å². The molecule has 0 bridgehead atoms. The molecule has 0 fully saturated rings. The Balaban J connectivity index is 1.77. The Kier molecular flexibility index (Phi) is 8.58. The molecule has 1 heterocycles. The fourth-order valence-corrected chi connectivity index (χ4v) is 4.25. The first-order valence-corrected chi connectivity index (χ1v) is 12.7. The topological polar surface area (TPSA) is 84.2 Å². The highest BCUT2D eigenvalue weighted by Gasteiger charge is 2.40. The van der Waals surface area contributed by atoms with Gasteiger partial charge in [-0.2, -0.15) is 13.2 Å². The van der Waals surface area contributed by atoms with Crippen LogP contribution in [-0.2, 0) is 6.18 Å². The van der Waals surface area contributed by atoms with Crippen LogP contribution in [0.25, 0.3) is 22.1 Å². The second-order valence-electron chi connectivity index (χ2n) is 8.26. The van der Waals surface area contributed by atoms with E-state index in [4.69, 9.17) is 35.0 Å². The maximum Gasteiger partial charge on any atom is 0.450 e. The third kappa shape index (κ3) is 5.86. The van der Waals surface area contributed by atoms with Crippen LogP contribution in [0.15, 0.2) is 63.8 Å². The van der Waals surface area contributed by atoms with E-state index in [2.05, 4.69) is 0 Å². The summed E-state index contributed by atoms with van der Waals surface area (Å²) in [5, 5.41) is -0.195. The standard InChI is InChI=1S/C29H24ClF3O7/c1-4-36-22-13-16(14-23(37-5-2)26(22)38-6-3)28(35)39-17-11-12-19-21(15-17)40-27(29(31,32)33)24(25(19)34)18-9-7-8-10-20(18)30/h7-15H,4-6H2,1-3H3. The summed E-state index contributed by atoms with van der Waals surface area (Å²) in [6.45, 7) is 6.20. The van der Waals surface area contributed by atoms with E-state index in [9.17, 15) is 22.8 Å². The molecule has 11 heteroatoms. The third-order valence-electron chi connectivity index (χ3n) is 5.62. The van der Waals surface area contributed by atoms with Crippen molar-refractivity contribution < 1.29 is 41.3 Å². The van der Waals surface area contributed by atoms with Crippen molar-refractivity contribution in [2.75, 3.05) is 19.8 Å². The van der Waals surface area contributed by atoms with E-state index in [0.717, 1.165) is 6.07 Å². The van der Waals surface area contributed by atoms with Gasteiger partial charge in [0, 0.05) is 16.7 Å². The molecule has 7 nitrogen and oxygen atoms in total. The number of halogens is 4. The van der Waals surface area contributed by atoms with E-state index >= 15 is 0 Å². The average Bonchev–Trinajstić information content (AvgIpc) is 2.90. The molecule has 210 valence electrons. The van der Waals surface area contributed by atoms with Crippen molar-refractivity contribution in [3.05, 3.63) is 81.2 Å². The third-order valence-corrected chi connectivity index (χ3v) is 5.95. The zero-order valence-corrected chi connectivity index (χ0v) is 22.4. The van der Waals surface area contributed by atoms with E-state index in [1.54, 1.807) is 20.8 Å². The molecule has 0 saturated heterocycles. The molecule has 4 rings (SSSR count). The second-order valence-corrected chi connectivity index (χ2v) is 8.67. The summed E-state index contributed by atoms with van der Waals surface area (Å²) in [7, 11) is 0. The molecule has 0 atom stereocenters. The Morgan fingerprint density at radius 1 is 0.900 bits per heavy atom. The minimum atomic E-state index is -5.01. The molecular weight excluding hydrogens is 553 g/mol. The number of ether oxygens (including phenoxy) is 4. The number of esters is 1. The molecule has 0 radical (unpaired) electrons. The Morgan fingerprint density at radius 3 is 2.10 bits per heavy atom. The molecule has 1 aromatic heterocycles. The highest BCUT2D eigenvalue weighted by molar-refractivity contribution is 6.33. The second kappa shape index (κ2) is 11.9. The lowest BCUT2D eigenvalue weighted by molar-refractivity contribution is -0.152. The van der Waals surface area contributed by atoms with E-state index in [-0.39, 0.29) is 52.0 Å². The van der Waals surface area contributed by atoms with Crippen molar-refractivity contribution >= 4 is 28.5 Å². The number of carbonyl (C=O) groups is 1. The lowest BCUT2D eigenvalue weighted by atomic mass is 10.0. The van der Waals surface area contributed by atoms with Crippen molar-refractivity contribution in [3.63, 3.8) is 0 Å². The zero-order chi connectivity index (χ0) is 29.0. The number of alkyl halides is 3. The predicted molar refractivity (Wildman–Crippen MR) is 143 cm³/mol. The summed E-state index contributed by atoms with van der Waals surface area (Å²) in [6, 6.07) is 12.0. The van der Waals surface area contributed by atoms with Crippen molar-refractivity contribution in [1.29, 1.82) is 0 Å². The molecule has 0 aliphatic heterocycles. The van der Waals surface area contributed by atoms with E-state index in [1.807, 2.05) is 0 Å². The number of benzene rings is 3. The monoisotopic (exact) mass is 576 g/mol. The molecule has 0 aliphatic carbocycles. The summed E-state index contributed by atoms with van der Waals surface area (Å²) in [6.07, 6.45) is -5.01. The fourth-order valence-electron chi connectivity index (χ4n) is 4.02. The van der Waals surface area contributed by atoms with Crippen LogP contribution >= 0.6 is 11.6 Å². The van der Waals surface area contributed by atoms with Crippen LogP contribution in [0.4, 0.5) is 13.2 Å². The number of carbonyl (C=O) groups excluding carboxylic acids is 1. The molecule has 0 N–H and O–H groups in total. The number of rotatable bonds is 9. The lowest BCUT2D eigenvalue weighted by Gasteiger charge is -2.17. The number of hydrogen-bond donors (Lipinski definition) is 0. The minimum Gasteiger partial charge on any atom is -0.490 e. The summed E-state index contributed by atoms with van der Waals surface area (Å²) in [4.78, 5) is 26.3. The van der Waals surface area contributed by atoms with Gasteiger partial charge in [0.15, 0.2) is 11.5 Å². The van der Waals surface area contributed by atoms with Crippen LogP contribution in [0.1, 0.15) is 36.9 Å². The van der Waals surface area contributed by atoms with Gasteiger partial charge in [0.25, 0.3) is 0 Å². The molecule has 0 saturated carbocycles. The molecule has 0 aliphatic rings. The maximum absolute atomic E-state index is 14.0. The first-order valence-electron chi connectivity index (χ1n) is 12.3. The quantitative estimate of drug-likeness (QED) is 0.150. The average molecular weight is 577 g/mol. The highest BCUT2D eigenvalue weighted by atomic mass is 35.5. The molecule has 3 aromatic carbocycles. The predicted octanol–water partition coefficient (Wildman–Crippen LogP) is 7.55. The van der Waals surface area contributed by atoms with Crippen molar-refractivity contribution in [1.82, 2.24) is 0 Å². The Bertz CT molecular complexity index is 1590. The van der Waals surface area contributed by atoms with Crippen LogP contribution in [-0.4, -0.2) is 25.8 Å². The largest absolute Gasteiger partial charge is 0.490 e. The summed E-state index contributed by atoms with van der Waals surface area (Å²) in [5.74, 6) is -1.68. The summed E-state index contributed by atoms with van der Waals surface area (Å²) >= 11 is 6.10. The van der Waals surface area contributed by atoms with Crippen LogP contribution < -0.4 is 24.4 Å². The molecular formula is C29H24ClF3O7. The van der Waals surface area contributed by atoms with Gasteiger partial charge in [0.1, 0.15) is 11.3 Å². The SMILES string of the molecule is CCOc1cc(C(=O)Oc2ccc3c(=O)c(-c4ccccc4Cl)c(C(F)(F)F)oc3c2)cc(OCC)c1OCC. The molecule has 0 spiro atoms. The first-order chi connectivity index (χ1) is 19.1. The van der Waals surface area contributed by atoms with E-state index < -0.39 is 34.5 Å². The fraction of sp³-hybridized carbons (Fsp3) is 0.241. The van der Waals surface area contributed by atoms with Crippen molar-refractivity contribution in [2.24, 2.45) is 0 Å². The normalized spacial score (nSPS) is 11.4. The molecule has 0 amide bonds. The minimum absolute atomic E-state index is 0.0431. The van der Waals surface area contributed by atoms with Gasteiger partial charge in [-0.15, -0.1) is 0 Å². The Hall–Kier alpha value is -4.18. The maximum atomic E-state index is 14.0. The molecule has 40 heavy (non-hydrogen) atoms. The van der Waals surface area contributed by atoms with Gasteiger partial charge in [-0.05, 0) is 51.1 Å². The summed E-state index contributed by atoms with van der Waals surface area (Å²) < 4.78 is 69.5. The van der Waals surface area contributed by atoms with Gasteiger partial charge >= 0.3 is 12.1 Å². The Labute approximate surface area is 232 Å². The van der Waals surface area contributed by atoms with Crippen LogP contribution in [0.3, 0.4) is 0 Å². The zero-order valence-electron chi connectivity index (χ0n) is 21.7. The molecule has 0 unspecified atom stereocenters. The highest BCUT2D eigenvalue weighted by Crippen LogP contribution is 2.41. The smallest absolute Gasteiger partial charge is 0.450 e. The van der Waals surface area contributed by atoms with Crippen LogP contribution in [0.5, 0.6) is 23.0 Å². The van der Waals surface area contributed by atoms with Crippen LogP contribution in [0.2, 0.25) is 5.02 Å². The summed E-state index contributed by atoms with van der Waals surface area (Å²) in [5.41, 5.74) is -2.14. The van der Waals surface area contributed by atoms with Gasteiger partial charge < -0.3 is 23.4 Å². The van der Waals surface area contributed by atoms with Crippen LogP contribution in [0, 0.1) is 0 Å². The van der Waals surface area contributed by atoms with Gasteiger partial charge in [-0.3, -0.25) is 4.79 Å². The number of hydrogen-bond acceptors (Lipinski definition) is 7. The first kappa shape index (κ1) is 28.8. The van der Waals surface area contributed by atoms with E-state index in [0.29, 0.717) is 12.4 Å². The van der Waals surface area contributed by atoms with Gasteiger partial charge in [-0.25, -0.2) is 4.79 Å². The Morgan fingerprint density at radius 2 is 1.52 bits per heavy atom. The lowest BCUT2D eigenvalue weighted by Crippen LogP contribution is -2.16.